The summed E-state index contributed by atoms with van der Waals surface area (Å²) in [5.74, 6) is 0. The summed E-state index contributed by atoms with van der Waals surface area (Å²) in [4.78, 5) is 3.84. The van der Waals surface area contributed by atoms with E-state index in [1.54, 1.807) is 0 Å². The second-order valence-corrected chi connectivity index (χ2v) is 7.03. The van der Waals surface area contributed by atoms with Crippen LogP contribution in [-0.4, -0.2) is 27.8 Å². The van der Waals surface area contributed by atoms with Crippen LogP contribution < -0.4 is 0 Å². The van der Waals surface area contributed by atoms with Crippen molar-refractivity contribution >= 4 is 27.3 Å². The predicted octanol–water partition coefficient (Wildman–Crippen LogP) is 4.10. The highest BCUT2D eigenvalue weighted by Gasteiger charge is 2.17. The molecule has 0 aliphatic heterocycles. The van der Waals surface area contributed by atoms with E-state index in [0.29, 0.717) is 6.04 Å². The Balaban J connectivity index is 2.05. The number of thiophene rings is 1. The maximum absolute atomic E-state index is 4.56. The first-order valence-electron chi connectivity index (χ1n) is 6.97. The number of hydrogen-bond acceptors (Lipinski definition) is 3. The van der Waals surface area contributed by atoms with Gasteiger partial charge in [0.2, 0.25) is 0 Å². The van der Waals surface area contributed by atoms with Gasteiger partial charge in [-0.15, -0.1) is 11.3 Å². The number of rotatable bonds is 6. The molecular weight excluding hydrogens is 334 g/mol. The maximum atomic E-state index is 4.56. The average Bonchev–Trinajstić information content (AvgIpc) is 3.01. The molecule has 3 nitrogen and oxygen atoms in total. The molecule has 0 amide bonds. The predicted molar refractivity (Wildman–Crippen MR) is 89.3 cm³/mol. The molecule has 5 heteroatoms. The summed E-state index contributed by atoms with van der Waals surface area (Å²) in [5, 5.41) is 6.71. The van der Waals surface area contributed by atoms with Crippen LogP contribution in [-0.2, 0) is 19.5 Å². The lowest BCUT2D eigenvalue weighted by atomic mass is 10.2. The molecule has 0 aliphatic rings. The molecule has 0 aliphatic carbocycles. The summed E-state index contributed by atoms with van der Waals surface area (Å²) in [6.45, 7) is 8.30. The van der Waals surface area contributed by atoms with Crippen molar-refractivity contribution in [2.75, 3.05) is 7.05 Å². The zero-order valence-electron chi connectivity index (χ0n) is 12.6. The van der Waals surface area contributed by atoms with E-state index in [9.17, 15) is 0 Å². The summed E-state index contributed by atoms with van der Waals surface area (Å²) >= 11 is 5.51. The molecule has 0 radical (unpaired) electrons. The summed E-state index contributed by atoms with van der Waals surface area (Å²) in [6, 6.07) is 4.85. The number of aromatic nitrogens is 2. The Morgan fingerprint density at radius 1 is 1.50 bits per heavy atom. The van der Waals surface area contributed by atoms with E-state index < -0.39 is 0 Å². The molecule has 0 saturated heterocycles. The molecule has 0 bridgehead atoms. The Morgan fingerprint density at radius 2 is 2.25 bits per heavy atom. The van der Waals surface area contributed by atoms with Gasteiger partial charge in [0, 0.05) is 24.0 Å². The van der Waals surface area contributed by atoms with E-state index in [2.05, 4.69) is 75.9 Å². The first-order valence-corrected chi connectivity index (χ1v) is 8.64. The van der Waals surface area contributed by atoms with Crippen molar-refractivity contribution in [3.8, 4) is 0 Å². The average molecular weight is 356 g/mol. The molecule has 2 heterocycles. The number of aryl methyl sites for hydroxylation is 2. The molecule has 110 valence electrons. The van der Waals surface area contributed by atoms with E-state index in [0.717, 1.165) is 29.7 Å². The monoisotopic (exact) mass is 355 g/mol. The fourth-order valence-corrected chi connectivity index (χ4v) is 3.52. The largest absolute Gasteiger partial charge is 0.297 e. The van der Waals surface area contributed by atoms with Gasteiger partial charge in [0.15, 0.2) is 0 Å². The Kier molecular flexibility index (Phi) is 5.41. The Bertz CT molecular complexity index is 548. The second kappa shape index (κ2) is 6.87. The van der Waals surface area contributed by atoms with Gasteiger partial charge in [-0.05, 0) is 61.6 Å². The molecule has 2 aromatic rings. The molecule has 2 aromatic heterocycles. The number of hydrogen-bond donors (Lipinski definition) is 0. The quantitative estimate of drug-likeness (QED) is 0.777. The van der Waals surface area contributed by atoms with Crippen molar-refractivity contribution in [3.05, 3.63) is 38.3 Å². The van der Waals surface area contributed by atoms with Crippen LogP contribution >= 0.6 is 27.3 Å². The fraction of sp³-hybridized carbons (Fsp3) is 0.533. The van der Waals surface area contributed by atoms with Crippen molar-refractivity contribution in [2.24, 2.45) is 0 Å². The third kappa shape index (κ3) is 3.51. The lowest BCUT2D eigenvalue weighted by Gasteiger charge is -2.24. The molecule has 0 fully saturated rings. The fourth-order valence-electron chi connectivity index (χ4n) is 2.29. The summed E-state index contributed by atoms with van der Waals surface area (Å²) in [5.41, 5.74) is 2.34. The zero-order chi connectivity index (χ0) is 14.7. The van der Waals surface area contributed by atoms with E-state index >= 15 is 0 Å². The van der Waals surface area contributed by atoms with Gasteiger partial charge in [0.1, 0.15) is 0 Å². The lowest BCUT2D eigenvalue weighted by Crippen LogP contribution is -2.31. The topological polar surface area (TPSA) is 21.1 Å². The third-order valence-electron chi connectivity index (χ3n) is 3.68. The minimum atomic E-state index is 0.515. The minimum absolute atomic E-state index is 0.515. The third-order valence-corrected chi connectivity index (χ3v) is 5.61. The molecule has 0 saturated carbocycles. The number of halogens is 1. The first kappa shape index (κ1) is 15.7. The van der Waals surface area contributed by atoms with Crippen LogP contribution in [0.4, 0.5) is 0 Å². The SMILES string of the molecule is CCn1nc(C)c(Br)c1CN(C)C(C)Cc1cccs1. The van der Waals surface area contributed by atoms with Crippen LogP contribution in [0.1, 0.15) is 30.1 Å². The standard InChI is InChI=1S/C15H22BrN3S/c1-5-19-14(15(16)12(3)17-19)10-18(4)11(2)9-13-7-6-8-20-13/h6-8,11H,5,9-10H2,1-4H3. The van der Waals surface area contributed by atoms with Crippen molar-refractivity contribution in [2.45, 2.75) is 46.3 Å². The summed E-state index contributed by atoms with van der Waals surface area (Å²) in [7, 11) is 2.19. The lowest BCUT2D eigenvalue weighted by molar-refractivity contribution is 0.241. The van der Waals surface area contributed by atoms with Gasteiger partial charge in [-0.25, -0.2) is 0 Å². The van der Waals surface area contributed by atoms with Gasteiger partial charge in [0.25, 0.3) is 0 Å². The van der Waals surface area contributed by atoms with E-state index in [4.69, 9.17) is 0 Å². The summed E-state index contributed by atoms with van der Waals surface area (Å²) < 4.78 is 3.24. The summed E-state index contributed by atoms with van der Waals surface area (Å²) in [6.07, 6.45) is 1.10. The van der Waals surface area contributed by atoms with Crippen LogP contribution in [0.25, 0.3) is 0 Å². The van der Waals surface area contributed by atoms with Crippen LogP contribution in [0.2, 0.25) is 0 Å². The highest BCUT2D eigenvalue weighted by molar-refractivity contribution is 9.10. The van der Waals surface area contributed by atoms with Crippen molar-refractivity contribution < 1.29 is 0 Å². The molecule has 0 N–H and O–H groups in total. The molecule has 2 rings (SSSR count). The van der Waals surface area contributed by atoms with Gasteiger partial charge >= 0.3 is 0 Å². The molecule has 1 atom stereocenters. The van der Waals surface area contributed by atoms with Crippen LogP contribution in [0.15, 0.2) is 22.0 Å². The number of nitrogens with zero attached hydrogens (tertiary/aromatic N) is 3. The smallest absolute Gasteiger partial charge is 0.0739 e. The van der Waals surface area contributed by atoms with E-state index in [1.807, 2.05) is 11.3 Å². The van der Waals surface area contributed by atoms with Gasteiger partial charge in [-0.3, -0.25) is 9.58 Å². The molecule has 0 aromatic carbocycles. The van der Waals surface area contributed by atoms with Gasteiger partial charge in [0.05, 0.1) is 15.9 Å². The Morgan fingerprint density at radius 3 is 2.85 bits per heavy atom. The normalized spacial score (nSPS) is 13.1. The van der Waals surface area contributed by atoms with Gasteiger partial charge in [-0.2, -0.15) is 5.10 Å². The highest BCUT2D eigenvalue weighted by atomic mass is 79.9. The van der Waals surface area contributed by atoms with Crippen molar-refractivity contribution in [3.63, 3.8) is 0 Å². The highest BCUT2D eigenvalue weighted by Crippen LogP contribution is 2.23. The first-order chi connectivity index (χ1) is 9.52. The van der Waals surface area contributed by atoms with Gasteiger partial charge in [-0.1, -0.05) is 6.07 Å². The van der Waals surface area contributed by atoms with E-state index in [1.165, 1.54) is 10.6 Å². The van der Waals surface area contributed by atoms with E-state index in [-0.39, 0.29) is 0 Å². The molecule has 1 unspecified atom stereocenters. The Hall–Kier alpha value is -0.650. The Labute approximate surface area is 133 Å². The van der Waals surface area contributed by atoms with Crippen molar-refractivity contribution in [1.82, 2.24) is 14.7 Å². The van der Waals surface area contributed by atoms with Crippen molar-refractivity contribution in [1.29, 1.82) is 0 Å². The van der Waals surface area contributed by atoms with Crippen LogP contribution in [0.5, 0.6) is 0 Å². The molecule has 0 spiro atoms. The molecular formula is C15H22BrN3S. The minimum Gasteiger partial charge on any atom is -0.297 e. The van der Waals surface area contributed by atoms with Crippen LogP contribution in [0, 0.1) is 6.92 Å². The maximum Gasteiger partial charge on any atom is 0.0739 e. The number of likely N-dealkylation sites (N-methyl/N-ethyl adjacent to an activating group) is 1. The van der Waals surface area contributed by atoms with Crippen LogP contribution in [0.3, 0.4) is 0 Å². The zero-order valence-corrected chi connectivity index (χ0v) is 15.0. The molecule has 20 heavy (non-hydrogen) atoms. The second-order valence-electron chi connectivity index (χ2n) is 5.21. The van der Waals surface area contributed by atoms with Gasteiger partial charge < -0.3 is 0 Å².